The van der Waals surface area contributed by atoms with Gasteiger partial charge in [-0.15, -0.1) is 5.10 Å². The van der Waals surface area contributed by atoms with E-state index in [9.17, 15) is 9.18 Å². The predicted molar refractivity (Wildman–Crippen MR) is 130 cm³/mol. The molecule has 0 atom stereocenters. The Balaban J connectivity index is 1.63. The maximum Gasteiger partial charge on any atom is 0.410 e. The highest BCUT2D eigenvalue weighted by molar-refractivity contribution is 5.68. The fourth-order valence-corrected chi connectivity index (χ4v) is 3.90. The van der Waals surface area contributed by atoms with Gasteiger partial charge in [-0.25, -0.2) is 28.8 Å². The van der Waals surface area contributed by atoms with Crippen LogP contribution in [0.25, 0.3) is 23.0 Å². The first-order chi connectivity index (χ1) is 17.2. The first kappa shape index (κ1) is 25.5. The van der Waals surface area contributed by atoms with Crippen LogP contribution in [0.2, 0.25) is 0 Å². The van der Waals surface area contributed by atoms with Crippen molar-refractivity contribution in [2.24, 2.45) is 0 Å². The van der Waals surface area contributed by atoms with Crippen molar-refractivity contribution < 1.29 is 23.4 Å². The summed E-state index contributed by atoms with van der Waals surface area (Å²) >= 11 is 0. The van der Waals surface area contributed by atoms with Crippen molar-refractivity contribution in [1.82, 2.24) is 29.6 Å². The number of rotatable bonds is 7. The van der Waals surface area contributed by atoms with Crippen LogP contribution in [0.3, 0.4) is 0 Å². The zero-order valence-corrected chi connectivity index (χ0v) is 21.0. The van der Waals surface area contributed by atoms with Crippen molar-refractivity contribution in [3.8, 4) is 28.8 Å². The lowest BCUT2D eigenvalue weighted by Crippen LogP contribution is -2.42. The average molecular weight is 499 g/mol. The lowest BCUT2D eigenvalue weighted by Gasteiger charge is -2.33. The van der Waals surface area contributed by atoms with Gasteiger partial charge in [0.25, 0.3) is 0 Å². The molecule has 0 saturated carbocycles. The van der Waals surface area contributed by atoms with E-state index in [1.165, 1.54) is 0 Å². The molecule has 0 unspecified atom stereocenters. The molecule has 1 aromatic carbocycles. The first-order valence-electron chi connectivity index (χ1n) is 11.9. The molecule has 3 aromatic rings. The highest BCUT2D eigenvalue weighted by atomic mass is 19.1. The van der Waals surface area contributed by atoms with Crippen molar-refractivity contribution in [2.75, 3.05) is 33.4 Å². The van der Waals surface area contributed by atoms with Crippen LogP contribution in [0, 0.1) is 5.82 Å². The van der Waals surface area contributed by atoms with Gasteiger partial charge in [0.05, 0.1) is 30.6 Å². The Morgan fingerprint density at radius 3 is 2.44 bits per heavy atom. The quantitative estimate of drug-likeness (QED) is 0.448. The van der Waals surface area contributed by atoms with Gasteiger partial charge in [-0.2, -0.15) is 0 Å². The van der Waals surface area contributed by atoms with Gasteiger partial charge in [0.15, 0.2) is 23.3 Å². The Hall–Kier alpha value is -3.60. The molecule has 0 radical (unpaired) electrons. The molecule has 1 aliphatic rings. The number of nitrogens with zero attached hydrogens (tertiary/aromatic N) is 6. The minimum Gasteiger partial charge on any atom is -0.490 e. The zero-order valence-electron chi connectivity index (χ0n) is 21.0. The lowest BCUT2D eigenvalue weighted by atomic mass is 10.1. The molecule has 2 aromatic heterocycles. The smallest absolute Gasteiger partial charge is 0.410 e. The molecule has 11 heteroatoms. The summed E-state index contributed by atoms with van der Waals surface area (Å²) < 4.78 is 31.8. The summed E-state index contributed by atoms with van der Waals surface area (Å²) in [5.74, 6) is 1.22. The van der Waals surface area contributed by atoms with Gasteiger partial charge < -0.3 is 19.1 Å². The second-order valence-corrected chi connectivity index (χ2v) is 9.46. The molecule has 1 amide bonds. The Labute approximate surface area is 209 Å². The largest absolute Gasteiger partial charge is 0.490 e. The van der Waals surface area contributed by atoms with Crippen LogP contribution in [0.15, 0.2) is 36.7 Å². The minimum absolute atomic E-state index is 0.0600. The number of carbonyl (C=O) groups excluding carboxylic acids is 1. The SMILES string of the molecule is COCCOc1ccccc1-c1nc(-c2ncc(F)cn2)n(C2CCN(C(=O)OC(C)(C)C)CC2)n1. The van der Waals surface area contributed by atoms with Gasteiger partial charge >= 0.3 is 6.09 Å². The molecule has 1 aliphatic heterocycles. The van der Waals surface area contributed by atoms with E-state index in [1.54, 1.807) is 16.7 Å². The molecule has 4 rings (SSSR count). The van der Waals surface area contributed by atoms with Gasteiger partial charge in [-0.05, 0) is 45.7 Å². The third-order valence-corrected chi connectivity index (χ3v) is 5.59. The van der Waals surface area contributed by atoms with Gasteiger partial charge in [0.2, 0.25) is 0 Å². The maximum absolute atomic E-state index is 13.5. The molecule has 1 saturated heterocycles. The van der Waals surface area contributed by atoms with Crippen LogP contribution in [0.5, 0.6) is 5.75 Å². The number of likely N-dealkylation sites (tertiary alicyclic amines) is 1. The van der Waals surface area contributed by atoms with Crippen molar-refractivity contribution in [2.45, 2.75) is 45.3 Å². The fraction of sp³-hybridized carbons (Fsp3) is 0.480. The van der Waals surface area contributed by atoms with Crippen LogP contribution in [-0.4, -0.2) is 74.7 Å². The summed E-state index contributed by atoms with van der Waals surface area (Å²) in [7, 11) is 1.61. The second-order valence-electron chi connectivity index (χ2n) is 9.46. The standard InChI is InChI=1S/C25H31FN6O4/c1-25(2,3)36-24(33)31-11-9-18(10-12-31)32-23(22-27-15-17(26)16-28-22)29-21(30-32)19-7-5-6-8-20(19)35-14-13-34-4/h5-8,15-16,18H,9-14H2,1-4H3. The monoisotopic (exact) mass is 498 g/mol. The summed E-state index contributed by atoms with van der Waals surface area (Å²) in [6.07, 6.45) is 3.16. The van der Waals surface area contributed by atoms with Gasteiger partial charge in [0.1, 0.15) is 18.0 Å². The molecule has 36 heavy (non-hydrogen) atoms. The highest BCUT2D eigenvalue weighted by Gasteiger charge is 2.30. The molecule has 3 heterocycles. The third-order valence-electron chi connectivity index (χ3n) is 5.59. The molecule has 1 fully saturated rings. The van der Waals surface area contributed by atoms with Crippen LogP contribution >= 0.6 is 0 Å². The summed E-state index contributed by atoms with van der Waals surface area (Å²) in [5, 5.41) is 4.81. The van der Waals surface area contributed by atoms with Crippen LogP contribution in [0.4, 0.5) is 9.18 Å². The summed E-state index contributed by atoms with van der Waals surface area (Å²) in [5.41, 5.74) is 0.155. The highest BCUT2D eigenvalue weighted by Crippen LogP contribution is 2.32. The molecule has 192 valence electrons. The number of halogens is 1. The molecular formula is C25H31FN6O4. The van der Waals surface area contributed by atoms with E-state index in [1.807, 2.05) is 45.0 Å². The normalized spacial score (nSPS) is 14.6. The third kappa shape index (κ3) is 6.14. The first-order valence-corrected chi connectivity index (χ1v) is 11.9. The van der Waals surface area contributed by atoms with E-state index >= 15 is 0 Å². The van der Waals surface area contributed by atoms with Crippen LogP contribution in [-0.2, 0) is 9.47 Å². The van der Waals surface area contributed by atoms with Gasteiger partial charge in [-0.1, -0.05) is 12.1 Å². The van der Waals surface area contributed by atoms with Crippen molar-refractivity contribution in [1.29, 1.82) is 0 Å². The van der Waals surface area contributed by atoms with E-state index in [-0.39, 0.29) is 18.0 Å². The number of benzene rings is 1. The Bertz CT molecular complexity index is 1170. The van der Waals surface area contributed by atoms with Crippen LogP contribution in [0.1, 0.15) is 39.7 Å². The van der Waals surface area contributed by atoms with Gasteiger partial charge in [-0.3, -0.25) is 0 Å². The number of piperidine rings is 1. The minimum atomic E-state index is -0.555. The predicted octanol–water partition coefficient (Wildman–Crippen LogP) is 4.14. The zero-order chi connectivity index (χ0) is 25.7. The molecule has 0 bridgehead atoms. The fourth-order valence-electron chi connectivity index (χ4n) is 3.90. The van der Waals surface area contributed by atoms with Crippen LogP contribution < -0.4 is 4.74 Å². The number of hydrogen-bond donors (Lipinski definition) is 0. The second kappa shape index (κ2) is 11.0. The molecule has 0 spiro atoms. The number of aromatic nitrogens is 5. The van der Waals surface area contributed by atoms with Crippen molar-refractivity contribution in [3.63, 3.8) is 0 Å². The van der Waals surface area contributed by atoms with Crippen molar-refractivity contribution in [3.05, 3.63) is 42.5 Å². The number of carbonyl (C=O) groups is 1. The molecule has 10 nitrogen and oxygen atoms in total. The number of para-hydroxylation sites is 1. The molecule has 0 aliphatic carbocycles. The van der Waals surface area contributed by atoms with E-state index in [0.29, 0.717) is 62.1 Å². The Morgan fingerprint density at radius 2 is 1.78 bits per heavy atom. The summed E-state index contributed by atoms with van der Waals surface area (Å²) in [6.45, 7) is 7.39. The van der Waals surface area contributed by atoms with E-state index in [0.717, 1.165) is 12.4 Å². The lowest BCUT2D eigenvalue weighted by molar-refractivity contribution is 0.0185. The Kier molecular flexibility index (Phi) is 7.78. The van der Waals surface area contributed by atoms with Gasteiger partial charge in [0, 0.05) is 20.2 Å². The number of methoxy groups -OCH3 is 1. The number of hydrogen-bond acceptors (Lipinski definition) is 8. The molecular weight excluding hydrogens is 467 g/mol. The van der Waals surface area contributed by atoms with E-state index in [2.05, 4.69) is 9.97 Å². The maximum atomic E-state index is 13.5. The van der Waals surface area contributed by atoms with Crippen molar-refractivity contribution >= 4 is 6.09 Å². The van der Waals surface area contributed by atoms with E-state index in [4.69, 9.17) is 24.3 Å². The Morgan fingerprint density at radius 1 is 1.08 bits per heavy atom. The van der Waals surface area contributed by atoms with E-state index < -0.39 is 11.4 Å². The average Bonchev–Trinajstić information content (AvgIpc) is 3.29. The summed E-state index contributed by atoms with van der Waals surface area (Å²) in [6, 6.07) is 7.42. The molecule has 0 N–H and O–H groups in total. The number of ether oxygens (including phenoxy) is 3. The number of amides is 1. The topological polar surface area (TPSA) is 104 Å². The summed E-state index contributed by atoms with van der Waals surface area (Å²) in [4.78, 5) is 27.2.